The van der Waals surface area contributed by atoms with Crippen molar-refractivity contribution in [2.75, 3.05) is 6.61 Å². The molecule has 3 aromatic rings. The number of hydrogen-bond donors (Lipinski definition) is 1. The van der Waals surface area contributed by atoms with Gasteiger partial charge < -0.3 is 19.1 Å². The first-order valence-corrected chi connectivity index (χ1v) is 10.0. The zero-order valence-corrected chi connectivity index (χ0v) is 16.9. The van der Waals surface area contributed by atoms with E-state index in [1.807, 2.05) is 12.1 Å². The van der Waals surface area contributed by atoms with Crippen molar-refractivity contribution in [2.24, 2.45) is 0 Å². The lowest BCUT2D eigenvalue weighted by atomic mass is 10.0. The molecule has 0 saturated carbocycles. The van der Waals surface area contributed by atoms with E-state index in [1.54, 1.807) is 30.6 Å². The van der Waals surface area contributed by atoms with Crippen molar-refractivity contribution < 1.29 is 19.1 Å². The van der Waals surface area contributed by atoms with Gasteiger partial charge in [-0.1, -0.05) is 34.8 Å². The Morgan fingerprint density at radius 2 is 2.03 bits per heavy atom. The summed E-state index contributed by atoms with van der Waals surface area (Å²) >= 11 is 6.34. The van der Waals surface area contributed by atoms with E-state index in [-0.39, 0.29) is 12.9 Å². The number of benzene rings is 1. The highest BCUT2D eigenvalue weighted by molar-refractivity contribution is 6.33. The van der Waals surface area contributed by atoms with Crippen LogP contribution in [0.4, 0.5) is 0 Å². The van der Waals surface area contributed by atoms with Crippen molar-refractivity contribution in [3.8, 4) is 23.2 Å². The summed E-state index contributed by atoms with van der Waals surface area (Å²) < 4.78 is 17.0. The van der Waals surface area contributed by atoms with Gasteiger partial charge in [0.2, 0.25) is 5.82 Å². The highest BCUT2D eigenvalue weighted by Crippen LogP contribution is 2.35. The summed E-state index contributed by atoms with van der Waals surface area (Å²) in [6.07, 6.45) is 4.57. The third-order valence-electron chi connectivity index (χ3n) is 4.62. The number of rotatable bonds is 5. The van der Waals surface area contributed by atoms with E-state index < -0.39 is 6.10 Å². The van der Waals surface area contributed by atoms with Crippen molar-refractivity contribution in [3.63, 3.8) is 0 Å². The fraction of sp³-hybridized carbons (Fsp3) is 0.318. The van der Waals surface area contributed by atoms with E-state index in [1.165, 1.54) is 0 Å². The van der Waals surface area contributed by atoms with Crippen LogP contribution in [0, 0.1) is 11.8 Å². The number of nitrogens with zero attached hydrogens (tertiary/aromatic N) is 3. The normalized spacial score (nSPS) is 17.2. The standard InChI is InChI=1S/C22H20ClN3O4/c23-16-7-2-1-6-15(16)22-21(18(27)9-10-19-24-11-5-12-25-19)17(26-30-22)14-29-20-8-3-4-13-28-20/h1-2,5-7,11-12,18,20,27H,3-4,8,13-14H2. The van der Waals surface area contributed by atoms with Crippen LogP contribution in [0.5, 0.6) is 0 Å². The maximum atomic E-state index is 10.9. The van der Waals surface area contributed by atoms with Crippen molar-refractivity contribution >= 4 is 11.6 Å². The lowest BCUT2D eigenvalue weighted by Gasteiger charge is -2.22. The fourth-order valence-corrected chi connectivity index (χ4v) is 3.36. The first-order valence-electron chi connectivity index (χ1n) is 9.65. The molecule has 1 aromatic carbocycles. The van der Waals surface area contributed by atoms with Crippen LogP contribution in [0.1, 0.15) is 42.4 Å². The molecule has 30 heavy (non-hydrogen) atoms. The van der Waals surface area contributed by atoms with Gasteiger partial charge in [0.15, 0.2) is 12.1 Å². The van der Waals surface area contributed by atoms with Crippen molar-refractivity contribution in [3.05, 3.63) is 64.8 Å². The summed E-state index contributed by atoms with van der Waals surface area (Å²) in [5, 5.41) is 15.5. The Morgan fingerprint density at radius 3 is 2.80 bits per heavy atom. The molecule has 154 valence electrons. The summed E-state index contributed by atoms with van der Waals surface area (Å²) in [6, 6.07) is 8.87. The van der Waals surface area contributed by atoms with Gasteiger partial charge in [0.25, 0.3) is 0 Å². The molecule has 3 heterocycles. The smallest absolute Gasteiger partial charge is 0.204 e. The molecule has 2 aromatic heterocycles. The Kier molecular flexibility index (Phi) is 6.72. The second kappa shape index (κ2) is 9.83. The molecular formula is C22H20ClN3O4. The summed E-state index contributed by atoms with van der Waals surface area (Å²) in [5.41, 5.74) is 1.45. The first-order chi connectivity index (χ1) is 14.7. The molecule has 7 nitrogen and oxygen atoms in total. The van der Waals surface area contributed by atoms with E-state index in [9.17, 15) is 5.11 Å². The lowest BCUT2D eigenvalue weighted by molar-refractivity contribution is -0.169. The molecule has 8 heteroatoms. The number of aliphatic hydroxyl groups is 1. The van der Waals surface area contributed by atoms with E-state index in [4.69, 9.17) is 25.6 Å². The van der Waals surface area contributed by atoms with Gasteiger partial charge in [-0.2, -0.15) is 0 Å². The van der Waals surface area contributed by atoms with E-state index in [2.05, 4.69) is 27.0 Å². The van der Waals surface area contributed by atoms with Crippen LogP contribution in [0.25, 0.3) is 11.3 Å². The van der Waals surface area contributed by atoms with Gasteiger partial charge in [-0.3, -0.25) is 0 Å². The molecule has 0 aliphatic carbocycles. The molecule has 0 amide bonds. The third-order valence-corrected chi connectivity index (χ3v) is 4.95. The average molecular weight is 426 g/mol. The average Bonchev–Trinajstić information content (AvgIpc) is 3.21. The zero-order valence-electron chi connectivity index (χ0n) is 16.1. The second-order valence-electron chi connectivity index (χ2n) is 6.70. The number of aliphatic hydroxyl groups excluding tert-OH is 1. The number of ether oxygens (including phenoxy) is 2. The minimum absolute atomic E-state index is 0.120. The highest BCUT2D eigenvalue weighted by Gasteiger charge is 2.26. The van der Waals surface area contributed by atoms with E-state index in [0.29, 0.717) is 40.0 Å². The predicted octanol–water partition coefficient (Wildman–Crippen LogP) is 3.91. The highest BCUT2D eigenvalue weighted by atomic mass is 35.5. The van der Waals surface area contributed by atoms with E-state index in [0.717, 1.165) is 19.3 Å². The van der Waals surface area contributed by atoms with Gasteiger partial charge in [-0.05, 0) is 43.4 Å². The molecule has 1 fully saturated rings. The Hall–Kier alpha value is -2.76. The number of aromatic nitrogens is 3. The molecule has 1 aliphatic rings. The molecule has 1 aliphatic heterocycles. The van der Waals surface area contributed by atoms with Crippen LogP contribution in [0.15, 0.2) is 47.2 Å². The topological polar surface area (TPSA) is 90.5 Å². The molecule has 0 spiro atoms. The van der Waals surface area contributed by atoms with Crippen molar-refractivity contribution in [1.29, 1.82) is 0 Å². The first kappa shape index (κ1) is 20.5. The van der Waals surface area contributed by atoms with Crippen LogP contribution >= 0.6 is 11.6 Å². The summed E-state index contributed by atoms with van der Waals surface area (Å²) in [4.78, 5) is 8.10. The summed E-state index contributed by atoms with van der Waals surface area (Å²) in [5.74, 6) is 6.18. The minimum atomic E-state index is -1.20. The largest absolute Gasteiger partial charge is 0.376 e. The van der Waals surface area contributed by atoms with Crippen molar-refractivity contribution in [1.82, 2.24) is 15.1 Å². The minimum Gasteiger partial charge on any atom is -0.376 e. The third kappa shape index (κ3) is 4.86. The number of halogens is 1. The van der Waals surface area contributed by atoms with Crippen LogP contribution in [-0.4, -0.2) is 33.1 Å². The predicted molar refractivity (Wildman–Crippen MR) is 109 cm³/mol. The molecule has 2 unspecified atom stereocenters. The van der Waals surface area contributed by atoms with E-state index >= 15 is 0 Å². The van der Waals surface area contributed by atoms with Gasteiger partial charge in [0.1, 0.15) is 11.8 Å². The van der Waals surface area contributed by atoms with Gasteiger partial charge in [0, 0.05) is 24.6 Å². The molecule has 1 saturated heterocycles. The quantitative estimate of drug-likeness (QED) is 0.619. The van der Waals surface area contributed by atoms with Crippen LogP contribution in [-0.2, 0) is 16.1 Å². The zero-order chi connectivity index (χ0) is 20.8. The Balaban J connectivity index is 1.65. The SMILES string of the molecule is OC(C#Cc1ncccn1)c1c(COC2CCCCO2)noc1-c1ccccc1Cl. The van der Waals surface area contributed by atoms with Gasteiger partial charge in [-0.15, -0.1) is 0 Å². The molecule has 4 rings (SSSR count). The molecular weight excluding hydrogens is 406 g/mol. The molecule has 1 N–H and O–H groups in total. The van der Waals surface area contributed by atoms with Crippen LogP contribution < -0.4 is 0 Å². The van der Waals surface area contributed by atoms with Gasteiger partial charge in [-0.25, -0.2) is 9.97 Å². The lowest BCUT2D eigenvalue weighted by Crippen LogP contribution is -2.22. The second-order valence-corrected chi connectivity index (χ2v) is 7.11. The summed E-state index contributed by atoms with van der Waals surface area (Å²) in [6.45, 7) is 0.793. The number of hydrogen-bond acceptors (Lipinski definition) is 7. The van der Waals surface area contributed by atoms with Crippen LogP contribution in [0.2, 0.25) is 5.02 Å². The Labute approximate surface area is 179 Å². The fourth-order valence-electron chi connectivity index (χ4n) is 3.14. The van der Waals surface area contributed by atoms with Crippen molar-refractivity contribution in [2.45, 2.75) is 38.3 Å². The Morgan fingerprint density at radius 1 is 1.20 bits per heavy atom. The monoisotopic (exact) mass is 425 g/mol. The Bertz CT molecular complexity index is 1040. The molecule has 0 radical (unpaired) electrons. The maximum Gasteiger partial charge on any atom is 0.204 e. The van der Waals surface area contributed by atoms with Gasteiger partial charge in [0.05, 0.1) is 17.2 Å². The van der Waals surface area contributed by atoms with Gasteiger partial charge >= 0.3 is 0 Å². The summed E-state index contributed by atoms with van der Waals surface area (Å²) in [7, 11) is 0. The molecule has 0 bridgehead atoms. The molecule has 2 atom stereocenters. The van der Waals surface area contributed by atoms with Crippen LogP contribution in [0.3, 0.4) is 0 Å². The maximum absolute atomic E-state index is 10.9.